The van der Waals surface area contributed by atoms with Crippen LogP contribution in [0.15, 0.2) is 42.0 Å². The summed E-state index contributed by atoms with van der Waals surface area (Å²) in [6.45, 7) is 0. The van der Waals surface area contributed by atoms with Crippen molar-refractivity contribution in [3.05, 3.63) is 62.7 Å². The van der Waals surface area contributed by atoms with Crippen LogP contribution >= 0.6 is 11.6 Å². The Morgan fingerprint density at radius 2 is 2.04 bits per heavy atom. The van der Waals surface area contributed by atoms with E-state index >= 15 is 0 Å². The number of halogens is 1. The molecule has 2 aromatic rings. The van der Waals surface area contributed by atoms with E-state index in [-0.39, 0.29) is 16.9 Å². The van der Waals surface area contributed by atoms with Crippen LogP contribution in [0.25, 0.3) is 6.08 Å². The van der Waals surface area contributed by atoms with Crippen molar-refractivity contribution in [2.75, 3.05) is 12.1 Å². The smallest absolute Gasteiger partial charge is 0.315 e. The lowest BCUT2D eigenvalue weighted by molar-refractivity contribution is -0.386. The van der Waals surface area contributed by atoms with Crippen molar-refractivity contribution in [3.63, 3.8) is 0 Å². The number of nitro groups is 1. The van der Waals surface area contributed by atoms with Crippen LogP contribution in [0.4, 0.5) is 11.4 Å². The van der Waals surface area contributed by atoms with Crippen LogP contribution in [0.2, 0.25) is 5.02 Å². The number of aromatic hydroxyl groups is 1. The number of nitrogens with zero attached hydrogens (tertiary/aromatic N) is 2. The highest BCUT2D eigenvalue weighted by Crippen LogP contribution is 2.37. The molecule has 1 aliphatic rings. The van der Waals surface area contributed by atoms with Crippen molar-refractivity contribution < 1.29 is 24.4 Å². The minimum absolute atomic E-state index is 0.141. The fourth-order valence-electron chi connectivity index (χ4n) is 2.51. The number of phenols is 1. The van der Waals surface area contributed by atoms with Gasteiger partial charge < -0.3 is 9.84 Å². The van der Waals surface area contributed by atoms with Gasteiger partial charge in [0.05, 0.1) is 17.7 Å². The summed E-state index contributed by atoms with van der Waals surface area (Å²) in [7, 11) is 1.23. The molecule has 0 spiro atoms. The van der Waals surface area contributed by atoms with Crippen molar-refractivity contribution in [2.24, 2.45) is 0 Å². The largest absolute Gasteiger partial charge is 0.500 e. The van der Waals surface area contributed by atoms with Crippen LogP contribution in [0, 0.1) is 10.1 Å². The molecule has 138 valence electrons. The maximum absolute atomic E-state index is 12.6. The fraction of sp³-hybridized carbons (Fsp3) is 0.0588. The molecular weight excluding hydrogens is 378 g/mol. The first kappa shape index (κ1) is 18.2. The van der Waals surface area contributed by atoms with Gasteiger partial charge >= 0.3 is 5.69 Å². The average molecular weight is 390 g/mol. The Labute approximate surface area is 157 Å². The van der Waals surface area contributed by atoms with Crippen LogP contribution in [-0.4, -0.2) is 29.0 Å². The first-order valence-electron chi connectivity index (χ1n) is 7.50. The van der Waals surface area contributed by atoms with Crippen LogP contribution in [0.1, 0.15) is 5.56 Å². The summed E-state index contributed by atoms with van der Waals surface area (Å²) in [5, 5.41) is 22.3. The van der Waals surface area contributed by atoms with Gasteiger partial charge in [0.2, 0.25) is 5.75 Å². The second kappa shape index (κ2) is 6.96. The van der Waals surface area contributed by atoms with Gasteiger partial charge in [-0.25, -0.2) is 5.01 Å². The first-order chi connectivity index (χ1) is 12.8. The van der Waals surface area contributed by atoms with Crippen molar-refractivity contribution in [1.29, 1.82) is 0 Å². The zero-order chi connectivity index (χ0) is 19.7. The first-order valence-corrected chi connectivity index (χ1v) is 7.87. The second-order valence-electron chi connectivity index (χ2n) is 5.47. The molecule has 2 amide bonds. The monoisotopic (exact) mass is 389 g/mol. The molecule has 10 heteroatoms. The number of anilines is 1. The van der Waals surface area contributed by atoms with Crippen molar-refractivity contribution in [1.82, 2.24) is 5.43 Å². The molecular formula is C17H12ClN3O6. The maximum Gasteiger partial charge on any atom is 0.315 e. The fourth-order valence-corrected chi connectivity index (χ4v) is 2.70. The molecule has 3 rings (SSSR count). The van der Waals surface area contributed by atoms with Crippen molar-refractivity contribution in [3.8, 4) is 11.5 Å². The zero-order valence-electron chi connectivity index (χ0n) is 13.8. The van der Waals surface area contributed by atoms with E-state index in [1.54, 1.807) is 18.2 Å². The highest BCUT2D eigenvalue weighted by atomic mass is 35.5. The Morgan fingerprint density at radius 1 is 1.30 bits per heavy atom. The number of carbonyl (C=O) groups is 2. The predicted molar refractivity (Wildman–Crippen MR) is 96.4 cm³/mol. The quantitative estimate of drug-likeness (QED) is 0.358. The Morgan fingerprint density at radius 3 is 2.67 bits per heavy atom. The molecule has 1 heterocycles. The average Bonchev–Trinajstić information content (AvgIpc) is 2.91. The zero-order valence-corrected chi connectivity index (χ0v) is 14.6. The van der Waals surface area contributed by atoms with Crippen molar-refractivity contribution in [2.45, 2.75) is 0 Å². The highest BCUT2D eigenvalue weighted by molar-refractivity contribution is 6.33. The summed E-state index contributed by atoms with van der Waals surface area (Å²) < 4.78 is 4.90. The normalized spacial score (nSPS) is 15.2. The summed E-state index contributed by atoms with van der Waals surface area (Å²) in [5.41, 5.74) is 2.05. The second-order valence-corrected chi connectivity index (χ2v) is 5.90. The lowest BCUT2D eigenvalue weighted by Crippen LogP contribution is -2.35. The predicted octanol–water partition coefficient (Wildman–Crippen LogP) is 2.42. The molecule has 0 unspecified atom stereocenters. The number of hydrazine groups is 1. The van der Waals surface area contributed by atoms with Gasteiger partial charge in [0, 0.05) is 11.1 Å². The van der Waals surface area contributed by atoms with Gasteiger partial charge in [-0.1, -0.05) is 17.7 Å². The van der Waals surface area contributed by atoms with Gasteiger partial charge in [0.1, 0.15) is 5.57 Å². The molecule has 0 aromatic heterocycles. The standard InChI is InChI=1S/C17H12ClN3O6/c1-27-14-7-9(6-13(15(14)22)21(25)26)5-12-16(23)19-20(17(12)24)11-4-2-3-10(18)8-11/h2-8,22H,1H3,(H,19,23). The van der Waals surface area contributed by atoms with Gasteiger partial charge in [-0.2, -0.15) is 0 Å². The van der Waals surface area contributed by atoms with E-state index in [4.69, 9.17) is 16.3 Å². The van der Waals surface area contributed by atoms with E-state index in [1.165, 1.54) is 25.3 Å². The third-order valence-electron chi connectivity index (χ3n) is 3.76. The number of hydrogen-bond donors (Lipinski definition) is 2. The molecule has 2 aromatic carbocycles. The van der Waals surface area contributed by atoms with Gasteiger partial charge in [0.15, 0.2) is 5.75 Å². The molecule has 1 fully saturated rings. The summed E-state index contributed by atoms with van der Waals surface area (Å²) >= 11 is 5.90. The molecule has 0 bridgehead atoms. The third kappa shape index (κ3) is 3.40. The Hall–Kier alpha value is -3.59. The minimum Gasteiger partial charge on any atom is -0.500 e. The van der Waals surface area contributed by atoms with Gasteiger partial charge in [-0.15, -0.1) is 0 Å². The Kier molecular flexibility index (Phi) is 4.70. The number of hydrogen-bond acceptors (Lipinski definition) is 6. The number of rotatable bonds is 4. The van der Waals surface area contributed by atoms with Gasteiger partial charge in [0.25, 0.3) is 11.8 Å². The van der Waals surface area contributed by atoms with E-state index < -0.39 is 28.2 Å². The number of benzene rings is 2. The number of carbonyl (C=O) groups excluding carboxylic acids is 2. The highest BCUT2D eigenvalue weighted by Gasteiger charge is 2.34. The summed E-state index contributed by atoms with van der Waals surface area (Å²) in [6, 6.07) is 8.63. The van der Waals surface area contributed by atoms with Gasteiger partial charge in [-0.3, -0.25) is 25.1 Å². The minimum atomic E-state index is -0.797. The number of phenolic OH excluding ortho intramolecular Hbond substituents is 1. The molecule has 1 aliphatic heterocycles. The number of nitrogens with one attached hydrogen (secondary N) is 1. The summed E-state index contributed by atoms with van der Waals surface area (Å²) in [6.07, 6.45) is 1.18. The van der Waals surface area contributed by atoms with E-state index in [0.29, 0.717) is 10.7 Å². The SMILES string of the molecule is COc1cc(C=C2C(=O)NN(c3cccc(Cl)c3)C2=O)cc([N+](=O)[O-])c1O. The number of ether oxygens (including phenoxy) is 1. The van der Waals surface area contributed by atoms with E-state index in [2.05, 4.69) is 5.43 Å². The lowest BCUT2D eigenvalue weighted by atomic mass is 10.1. The van der Waals surface area contributed by atoms with Crippen LogP contribution < -0.4 is 15.2 Å². The third-order valence-corrected chi connectivity index (χ3v) is 4.00. The molecule has 0 aliphatic carbocycles. The van der Waals surface area contributed by atoms with Crippen LogP contribution in [0.3, 0.4) is 0 Å². The molecule has 0 atom stereocenters. The number of methoxy groups -OCH3 is 1. The Balaban J connectivity index is 2.02. The molecule has 0 saturated carbocycles. The summed E-state index contributed by atoms with van der Waals surface area (Å²) in [4.78, 5) is 35.1. The molecule has 2 N–H and O–H groups in total. The molecule has 0 radical (unpaired) electrons. The number of amides is 2. The van der Waals surface area contributed by atoms with Crippen molar-refractivity contribution >= 4 is 40.9 Å². The van der Waals surface area contributed by atoms with Crippen LogP contribution in [-0.2, 0) is 9.59 Å². The van der Waals surface area contributed by atoms with E-state index in [0.717, 1.165) is 11.1 Å². The number of nitro benzene ring substituents is 1. The van der Waals surface area contributed by atoms with E-state index in [1.807, 2.05) is 0 Å². The van der Waals surface area contributed by atoms with E-state index in [9.17, 15) is 24.8 Å². The molecule has 1 saturated heterocycles. The Bertz CT molecular complexity index is 1000. The topological polar surface area (TPSA) is 122 Å². The maximum atomic E-state index is 12.6. The lowest BCUT2D eigenvalue weighted by Gasteiger charge is -2.14. The van der Waals surface area contributed by atoms with Gasteiger partial charge in [-0.05, 0) is 35.9 Å². The van der Waals surface area contributed by atoms with Crippen LogP contribution in [0.5, 0.6) is 11.5 Å². The molecule has 27 heavy (non-hydrogen) atoms. The molecule has 9 nitrogen and oxygen atoms in total. The summed E-state index contributed by atoms with van der Waals surface area (Å²) in [5.74, 6) is -2.15.